The molecule has 0 aromatic heterocycles. The van der Waals surface area contributed by atoms with Gasteiger partial charge in [-0.2, -0.15) is 13.2 Å². The van der Waals surface area contributed by atoms with Crippen LogP contribution in [0.1, 0.15) is 73.0 Å². The Hall–Kier alpha value is -4.15. The number of ether oxygens (including phenoxy) is 2. The first-order valence-electron chi connectivity index (χ1n) is 14.3. The SMILES string of the molecule is CCOC(=O)C1=C(C)N(Cc2ccc(C(=O)N3CCC(C(=O)OCC)CC3)cc2)C(=O)C[C@H]1c1ccc(C(F)(F)F)cc1. The smallest absolute Gasteiger partial charge is 0.416 e. The summed E-state index contributed by atoms with van der Waals surface area (Å²) in [5.74, 6) is -2.26. The number of hydrogen-bond donors (Lipinski definition) is 0. The van der Waals surface area contributed by atoms with Gasteiger partial charge in [-0.1, -0.05) is 24.3 Å². The van der Waals surface area contributed by atoms with E-state index in [0.29, 0.717) is 49.4 Å². The number of carbonyl (C=O) groups excluding carboxylic acids is 4. The van der Waals surface area contributed by atoms with Crippen molar-refractivity contribution < 1.29 is 41.8 Å². The lowest BCUT2D eigenvalue weighted by Crippen LogP contribution is -2.40. The first-order valence-corrected chi connectivity index (χ1v) is 14.3. The summed E-state index contributed by atoms with van der Waals surface area (Å²) in [4.78, 5) is 54.5. The van der Waals surface area contributed by atoms with Crippen LogP contribution in [0.3, 0.4) is 0 Å². The van der Waals surface area contributed by atoms with Crippen LogP contribution < -0.4 is 0 Å². The molecule has 43 heavy (non-hydrogen) atoms. The molecule has 8 nitrogen and oxygen atoms in total. The summed E-state index contributed by atoms with van der Waals surface area (Å²) in [6, 6.07) is 11.3. The van der Waals surface area contributed by atoms with Gasteiger partial charge in [0.2, 0.25) is 5.91 Å². The number of amides is 2. The number of allylic oxidation sites excluding steroid dienone is 1. The summed E-state index contributed by atoms with van der Waals surface area (Å²) in [7, 11) is 0. The van der Waals surface area contributed by atoms with Crippen LogP contribution in [0.5, 0.6) is 0 Å². The maximum absolute atomic E-state index is 13.3. The summed E-state index contributed by atoms with van der Waals surface area (Å²) >= 11 is 0. The molecular formula is C32H35F3N2O6. The van der Waals surface area contributed by atoms with E-state index in [1.807, 2.05) is 0 Å². The molecule has 2 aromatic rings. The maximum Gasteiger partial charge on any atom is 0.416 e. The highest BCUT2D eigenvalue weighted by atomic mass is 19.4. The first-order chi connectivity index (χ1) is 20.4. The van der Waals surface area contributed by atoms with Crippen molar-refractivity contribution in [3.8, 4) is 0 Å². The summed E-state index contributed by atoms with van der Waals surface area (Å²) < 4.78 is 49.6. The number of carbonyl (C=O) groups is 4. The van der Waals surface area contributed by atoms with Crippen molar-refractivity contribution in [1.82, 2.24) is 9.80 Å². The third kappa shape index (κ3) is 7.26. The fourth-order valence-electron chi connectivity index (χ4n) is 5.56. The minimum Gasteiger partial charge on any atom is -0.466 e. The van der Waals surface area contributed by atoms with E-state index < -0.39 is 23.6 Å². The molecule has 1 atom stereocenters. The molecule has 4 rings (SSSR count). The fourth-order valence-corrected chi connectivity index (χ4v) is 5.56. The highest BCUT2D eigenvalue weighted by Gasteiger charge is 2.38. The first kappa shape index (κ1) is 31.8. The second-order valence-corrected chi connectivity index (χ2v) is 10.6. The molecular weight excluding hydrogens is 565 g/mol. The topological polar surface area (TPSA) is 93.2 Å². The van der Waals surface area contributed by atoms with E-state index in [1.54, 1.807) is 49.9 Å². The molecule has 2 aromatic carbocycles. The van der Waals surface area contributed by atoms with E-state index in [2.05, 4.69) is 0 Å². The number of esters is 2. The highest BCUT2D eigenvalue weighted by Crippen LogP contribution is 2.39. The lowest BCUT2D eigenvalue weighted by molar-refractivity contribution is -0.149. The van der Waals surface area contributed by atoms with Crippen molar-refractivity contribution in [1.29, 1.82) is 0 Å². The molecule has 11 heteroatoms. The minimum atomic E-state index is -4.51. The zero-order valence-corrected chi connectivity index (χ0v) is 24.4. The molecule has 2 aliphatic heterocycles. The molecule has 230 valence electrons. The summed E-state index contributed by atoms with van der Waals surface area (Å²) in [5.41, 5.74) is 1.38. The Morgan fingerprint density at radius 3 is 2.07 bits per heavy atom. The Morgan fingerprint density at radius 2 is 1.51 bits per heavy atom. The predicted molar refractivity (Wildman–Crippen MR) is 150 cm³/mol. The Labute approximate surface area is 248 Å². The lowest BCUT2D eigenvalue weighted by atomic mass is 9.83. The number of alkyl halides is 3. The Morgan fingerprint density at radius 1 is 0.907 bits per heavy atom. The van der Waals surface area contributed by atoms with Gasteiger partial charge in [-0.25, -0.2) is 4.79 Å². The fraction of sp³-hybridized carbons (Fsp3) is 0.438. The predicted octanol–water partition coefficient (Wildman–Crippen LogP) is 5.47. The van der Waals surface area contributed by atoms with Gasteiger partial charge in [-0.15, -0.1) is 0 Å². The summed E-state index contributed by atoms with van der Waals surface area (Å²) in [6.07, 6.45) is -3.53. The average Bonchev–Trinajstić information content (AvgIpc) is 2.99. The monoisotopic (exact) mass is 600 g/mol. The summed E-state index contributed by atoms with van der Waals surface area (Å²) in [5, 5.41) is 0. The van der Waals surface area contributed by atoms with Crippen LogP contribution in [0.2, 0.25) is 0 Å². The van der Waals surface area contributed by atoms with Gasteiger partial charge >= 0.3 is 18.1 Å². The molecule has 0 radical (unpaired) electrons. The van der Waals surface area contributed by atoms with Crippen LogP contribution in [0.15, 0.2) is 59.8 Å². The van der Waals surface area contributed by atoms with Crippen LogP contribution in [0, 0.1) is 5.92 Å². The van der Waals surface area contributed by atoms with Gasteiger partial charge in [0.25, 0.3) is 5.91 Å². The van der Waals surface area contributed by atoms with E-state index in [9.17, 15) is 32.3 Å². The van der Waals surface area contributed by atoms with Crippen molar-refractivity contribution in [2.75, 3.05) is 26.3 Å². The van der Waals surface area contributed by atoms with Crippen LogP contribution >= 0.6 is 0 Å². The quantitative estimate of drug-likeness (QED) is 0.373. The summed E-state index contributed by atoms with van der Waals surface area (Å²) in [6.45, 7) is 6.49. The van der Waals surface area contributed by atoms with Gasteiger partial charge in [0, 0.05) is 36.7 Å². The van der Waals surface area contributed by atoms with Gasteiger partial charge in [-0.05, 0) is 69.0 Å². The lowest BCUT2D eigenvalue weighted by Gasteiger charge is -2.34. The standard InChI is InChI=1S/C32H35F3N2O6/c1-4-42-30(40)24-14-16-36(17-15-24)29(39)23-8-6-21(7-9-23)19-37-20(3)28(31(41)43-5-2)26(18-27(37)38)22-10-12-25(13-11-22)32(33,34)35/h6-13,24,26H,4-5,14-19H2,1-3H3/t26-/m0/s1. The number of likely N-dealkylation sites (tertiary alicyclic amines) is 1. The van der Waals surface area contributed by atoms with E-state index in [-0.39, 0.29) is 48.8 Å². The normalized spacial score (nSPS) is 18.1. The van der Waals surface area contributed by atoms with Crippen LogP contribution in [0.4, 0.5) is 13.2 Å². The molecule has 1 fully saturated rings. The zero-order valence-electron chi connectivity index (χ0n) is 24.4. The molecule has 0 unspecified atom stereocenters. The van der Waals surface area contributed by atoms with Crippen molar-refractivity contribution in [3.63, 3.8) is 0 Å². The molecule has 2 aliphatic rings. The third-order valence-electron chi connectivity index (χ3n) is 7.90. The van der Waals surface area contributed by atoms with E-state index in [1.165, 1.54) is 17.0 Å². The van der Waals surface area contributed by atoms with Crippen molar-refractivity contribution in [3.05, 3.63) is 82.1 Å². The Kier molecular flexibility index (Phi) is 9.93. The number of halogens is 3. The van der Waals surface area contributed by atoms with Gasteiger partial charge in [-0.3, -0.25) is 14.4 Å². The third-order valence-corrected chi connectivity index (χ3v) is 7.90. The number of hydrogen-bond acceptors (Lipinski definition) is 6. The number of rotatable bonds is 8. The van der Waals surface area contributed by atoms with Gasteiger partial charge in [0.15, 0.2) is 0 Å². The van der Waals surface area contributed by atoms with E-state index in [4.69, 9.17) is 9.47 Å². The van der Waals surface area contributed by atoms with Crippen LogP contribution in [-0.4, -0.2) is 59.9 Å². The molecule has 0 bridgehead atoms. The molecule has 0 spiro atoms. The van der Waals surface area contributed by atoms with Crippen molar-refractivity contribution in [2.24, 2.45) is 5.92 Å². The van der Waals surface area contributed by atoms with Crippen LogP contribution in [-0.2, 0) is 36.6 Å². The molecule has 0 saturated carbocycles. The van der Waals surface area contributed by atoms with Crippen molar-refractivity contribution in [2.45, 2.75) is 58.7 Å². The van der Waals surface area contributed by atoms with Gasteiger partial charge in [0.05, 0.1) is 36.8 Å². The molecule has 0 N–H and O–H groups in total. The van der Waals surface area contributed by atoms with E-state index in [0.717, 1.165) is 17.7 Å². The Bertz CT molecular complexity index is 1380. The minimum absolute atomic E-state index is 0.0965. The maximum atomic E-state index is 13.3. The van der Waals surface area contributed by atoms with Crippen molar-refractivity contribution >= 4 is 23.8 Å². The Balaban J connectivity index is 1.50. The molecule has 1 saturated heterocycles. The van der Waals surface area contributed by atoms with Crippen LogP contribution in [0.25, 0.3) is 0 Å². The second kappa shape index (κ2) is 13.4. The molecule has 2 amide bonds. The molecule has 0 aliphatic carbocycles. The average molecular weight is 601 g/mol. The highest BCUT2D eigenvalue weighted by molar-refractivity contribution is 5.96. The largest absolute Gasteiger partial charge is 0.466 e. The molecule has 2 heterocycles. The number of nitrogens with zero attached hydrogens (tertiary/aromatic N) is 2. The second-order valence-electron chi connectivity index (χ2n) is 10.6. The van der Waals surface area contributed by atoms with E-state index >= 15 is 0 Å². The zero-order chi connectivity index (χ0) is 31.3. The number of piperidine rings is 1. The van der Waals surface area contributed by atoms with Gasteiger partial charge < -0.3 is 19.3 Å². The van der Waals surface area contributed by atoms with Gasteiger partial charge in [0.1, 0.15) is 0 Å². The number of benzene rings is 2.